The third kappa shape index (κ3) is 3.36. The summed E-state index contributed by atoms with van der Waals surface area (Å²) in [7, 11) is 0. The van der Waals surface area contributed by atoms with Crippen molar-refractivity contribution < 1.29 is 4.79 Å². The average molecular weight is 292 g/mol. The van der Waals surface area contributed by atoms with Crippen LogP contribution in [0.3, 0.4) is 0 Å². The monoisotopic (exact) mass is 291 g/mol. The summed E-state index contributed by atoms with van der Waals surface area (Å²) < 4.78 is 0. The maximum atomic E-state index is 11.8. The molecule has 1 amide bonds. The molecule has 0 saturated heterocycles. The van der Waals surface area contributed by atoms with E-state index in [1.165, 1.54) is 24.2 Å². The van der Waals surface area contributed by atoms with Crippen molar-refractivity contribution in [2.75, 3.05) is 6.54 Å². The summed E-state index contributed by atoms with van der Waals surface area (Å²) in [5.41, 5.74) is 0. The number of hydrogen-bond acceptors (Lipinski definition) is 2. The molecule has 1 N–H and O–H groups in total. The van der Waals surface area contributed by atoms with Crippen LogP contribution in [0.15, 0.2) is 11.4 Å². The molecule has 0 spiro atoms. The molecule has 5 heteroatoms. The van der Waals surface area contributed by atoms with Gasteiger partial charge in [-0.2, -0.15) is 0 Å². The van der Waals surface area contributed by atoms with Crippen molar-refractivity contribution in [1.82, 2.24) is 5.32 Å². The van der Waals surface area contributed by atoms with Gasteiger partial charge in [0, 0.05) is 11.9 Å². The van der Waals surface area contributed by atoms with E-state index in [1.54, 1.807) is 6.07 Å². The Bertz CT molecular complexity index is 394. The second-order valence-corrected chi connectivity index (χ2v) is 6.25. The van der Waals surface area contributed by atoms with Crippen molar-refractivity contribution >= 4 is 40.4 Å². The van der Waals surface area contributed by atoms with E-state index < -0.39 is 0 Å². The average Bonchev–Trinajstić information content (AvgIpc) is 2.74. The summed E-state index contributed by atoms with van der Waals surface area (Å²) >= 11 is 13.5. The predicted octanol–water partition coefficient (Wildman–Crippen LogP) is 3.93. The van der Waals surface area contributed by atoms with Gasteiger partial charge in [-0.05, 0) is 30.2 Å². The molecule has 2 atom stereocenters. The smallest absolute Gasteiger partial charge is 0.262 e. The number of nitrogens with one attached hydrogen (secondary N) is 1. The molecule has 0 radical (unpaired) electrons. The first-order valence-electron chi connectivity index (χ1n) is 5.83. The Kier molecular flexibility index (Phi) is 4.71. The topological polar surface area (TPSA) is 29.1 Å². The molecule has 2 rings (SSSR count). The maximum absolute atomic E-state index is 11.8. The molecule has 1 aromatic rings. The van der Waals surface area contributed by atoms with Crippen LogP contribution in [0, 0.1) is 5.92 Å². The zero-order chi connectivity index (χ0) is 12.3. The van der Waals surface area contributed by atoms with E-state index in [9.17, 15) is 4.79 Å². The largest absolute Gasteiger partial charge is 0.351 e. The van der Waals surface area contributed by atoms with Gasteiger partial charge in [0.25, 0.3) is 5.91 Å². The summed E-state index contributed by atoms with van der Waals surface area (Å²) in [4.78, 5) is 12.4. The normalized spacial score (nSPS) is 24.6. The molecule has 94 valence electrons. The van der Waals surface area contributed by atoms with Crippen molar-refractivity contribution in [1.29, 1.82) is 0 Å². The molecular weight excluding hydrogens is 277 g/mol. The number of hydrogen-bond donors (Lipinski definition) is 1. The third-order valence-electron chi connectivity index (χ3n) is 3.16. The summed E-state index contributed by atoms with van der Waals surface area (Å²) in [5.74, 6) is 0.313. The summed E-state index contributed by atoms with van der Waals surface area (Å²) in [6.45, 7) is 0.654. The van der Waals surface area contributed by atoms with E-state index in [1.807, 2.05) is 5.38 Å². The molecule has 1 saturated carbocycles. The molecule has 1 fully saturated rings. The third-order valence-corrected chi connectivity index (χ3v) is 5.08. The molecule has 2 unspecified atom stereocenters. The maximum Gasteiger partial charge on any atom is 0.262 e. The molecule has 17 heavy (non-hydrogen) atoms. The fourth-order valence-corrected chi connectivity index (χ4v) is 3.58. The minimum atomic E-state index is -0.0839. The van der Waals surface area contributed by atoms with Crippen LogP contribution < -0.4 is 5.32 Å². The van der Waals surface area contributed by atoms with Crippen LogP contribution >= 0.6 is 34.5 Å². The minimum absolute atomic E-state index is 0.0839. The van der Waals surface area contributed by atoms with Gasteiger partial charge in [0.1, 0.15) is 4.88 Å². The van der Waals surface area contributed by atoms with Gasteiger partial charge in [0.15, 0.2) is 0 Å². The lowest BCUT2D eigenvalue weighted by Crippen LogP contribution is -2.34. The Morgan fingerprint density at radius 2 is 2.24 bits per heavy atom. The zero-order valence-electron chi connectivity index (χ0n) is 9.42. The van der Waals surface area contributed by atoms with Gasteiger partial charge < -0.3 is 5.32 Å². The second-order valence-electron chi connectivity index (χ2n) is 4.37. The van der Waals surface area contributed by atoms with E-state index in [2.05, 4.69) is 5.32 Å². The fraction of sp³-hybridized carbons (Fsp3) is 0.583. The quantitative estimate of drug-likeness (QED) is 0.840. The van der Waals surface area contributed by atoms with Gasteiger partial charge in [0.05, 0.1) is 5.02 Å². The van der Waals surface area contributed by atoms with E-state index in [-0.39, 0.29) is 11.3 Å². The van der Waals surface area contributed by atoms with Crippen molar-refractivity contribution in [2.24, 2.45) is 5.92 Å². The lowest BCUT2D eigenvalue weighted by atomic mass is 9.89. The van der Waals surface area contributed by atoms with Crippen LogP contribution in [0.2, 0.25) is 5.02 Å². The van der Waals surface area contributed by atoms with Gasteiger partial charge in [-0.15, -0.1) is 22.9 Å². The van der Waals surface area contributed by atoms with Crippen molar-refractivity contribution in [3.63, 3.8) is 0 Å². The lowest BCUT2D eigenvalue weighted by Gasteiger charge is -2.26. The molecule has 0 aromatic carbocycles. The van der Waals surface area contributed by atoms with E-state index in [0.29, 0.717) is 22.4 Å². The van der Waals surface area contributed by atoms with Crippen molar-refractivity contribution in [3.05, 3.63) is 21.3 Å². The van der Waals surface area contributed by atoms with Gasteiger partial charge in [-0.1, -0.05) is 24.4 Å². The van der Waals surface area contributed by atoms with Gasteiger partial charge in [-0.3, -0.25) is 4.79 Å². The Balaban J connectivity index is 1.86. The molecular formula is C12H15Cl2NOS. The number of amides is 1. The number of thiophene rings is 1. The number of carbonyl (C=O) groups is 1. The Morgan fingerprint density at radius 1 is 1.47 bits per heavy atom. The second kappa shape index (κ2) is 6.07. The summed E-state index contributed by atoms with van der Waals surface area (Å²) in [6, 6.07) is 1.74. The standard InChI is InChI=1S/C12H15Cl2NOS/c13-9-4-2-1-3-8(9)7-15-12(16)11-10(14)5-6-17-11/h5-6,8-9H,1-4,7H2,(H,15,16). The van der Waals surface area contributed by atoms with Crippen LogP contribution in [-0.2, 0) is 0 Å². The number of carbonyl (C=O) groups excluding carboxylic acids is 1. The summed E-state index contributed by atoms with van der Waals surface area (Å²) in [5, 5.41) is 5.47. The first-order valence-corrected chi connectivity index (χ1v) is 7.53. The highest BCUT2D eigenvalue weighted by molar-refractivity contribution is 7.12. The van der Waals surface area contributed by atoms with Gasteiger partial charge in [0.2, 0.25) is 0 Å². The molecule has 1 aliphatic rings. The highest BCUT2D eigenvalue weighted by Crippen LogP contribution is 2.28. The molecule has 2 nitrogen and oxygen atoms in total. The first kappa shape index (κ1) is 13.2. The van der Waals surface area contributed by atoms with Gasteiger partial charge in [-0.25, -0.2) is 0 Å². The van der Waals surface area contributed by atoms with Crippen LogP contribution in [0.25, 0.3) is 0 Å². The highest BCUT2D eigenvalue weighted by Gasteiger charge is 2.24. The Labute approximate surface area is 115 Å². The van der Waals surface area contributed by atoms with E-state index in [4.69, 9.17) is 23.2 Å². The number of halogens is 2. The van der Waals surface area contributed by atoms with E-state index in [0.717, 1.165) is 12.8 Å². The van der Waals surface area contributed by atoms with Crippen molar-refractivity contribution in [3.8, 4) is 0 Å². The fourth-order valence-electron chi connectivity index (χ4n) is 2.15. The highest BCUT2D eigenvalue weighted by atomic mass is 35.5. The lowest BCUT2D eigenvalue weighted by molar-refractivity contribution is 0.0948. The molecule has 1 heterocycles. The Hall–Kier alpha value is -0.250. The van der Waals surface area contributed by atoms with Gasteiger partial charge >= 0.3 is 0 Å². The van der Waals surface area contributed by atoms with E-state index >= 15 is 0 Å². The first-order chi connectivity index (χ1) is 8.18. The number of rotatable bonds is 3. The van der Waals surface area contributed by atoms with Crippen LogP contribution in [-0.4, -0.2) is 17.8 Å². The summed E-state index contributed by atoms with van der Waals surface area (Å²) in [6.07, 6.45) is 4.58. The molecule has 1 aromatic heterocycles. The molecule has 0 aliphatic heterocycles. The Morgan fingerprint density at radius 3 is 2.88 bits per heavy atom. The molecule has 0 bridgehead atoms. The van der Waals surface area contributed by atoms with Crippen LogP contribution in [0.5, 0.6) is 0 Å². The van der Waals surface area contributed by atoms with Crippen molar-refractivity contribution in [2.45, 2.75) is 31.1 Å². The minimum Gasteiger partial charge on any atom is -0.351 e. The predicted molar refractivity (Wildman–Crippen MR) is 73.3 cm³/mol. The molecule has 1 aliphatic carbocycles. The number of alkyl halides is 1. The SMILES string of the molecule is O=C(NCC1CCCCC1Cl)c1sccc1Cl. The van der Waals surface area contributed by atoms with Crippen LogP contribution in [0.4, 0.5) is 0 Å². The van der Waals surface area contributed by atoms with Crippen LogP contribution in [0.1, 0.15) is 35.4 Å². The zero-order valence-corrected chi connectivity index (χ0v) is 11.7.